The van der Waals surface area contributed by atoms with Gasteiger partial charge in [-0.1, -0.05) is 91.0 Å². The van der Waals surface area contributed by atoms with Crippen molar-refractivity contribution in [2.24, 2.45) is 0 Å². The molecule has 164 valence electrons. The molecule has 4 rings (SSSR count). The SMILES string of the molecule is O=C(Cc1ccccc1)O[C@H]1C(=O)C=CN(C(=O)/C=C/c2ccccc2)[C@@H]1c1ccccc1. The third-order valence-corrected chi connectivity index (χ3v) is 5.33. The Bertz CT molecular complexity index is 1170. The van der Waals surface area contributed by atoms with Crippen molar-refractivity contribution in [3.63, 3.8) is 0 Å². The highest BCUT2D eigenvalue weighted by Crippen LogP contribution is 2.31. The number of carbonyl (C=O) groups excluding carboxylic acids is 3. The molecule has 0 unspecified atom stereocenters. The van der Waals surface area contributed by atoms with E-state index in [1.807, 2.05) is 91.0 Å². The second-order valence-corrected chi connectivity index (χ2v) is 7.64. The predicted octanol–water partition coefficient (Wildman–Crippen LogP) is 4.52. The fraction of sp³-hybridized carbons (Fsp3) is 0.107. The van der Waals surface area contributed by atoms with E-state index in [1.54, 1.807) is 6.08 Å². The number of benzene rings is 3. The lowest BCUT2D eigenvalue weighted by atomic mass is 9.94. The van der Waals surface area contributed by atoms with Crippen molar-refractivity contribution in [3.8, 4) is 0 Å². The van der Waals surface area contributed by atoms with Crippen LogP contribution in [0.5, 0.6) is 0 Å². The smallest absolute Gasteiger partial charge is 0.311 e. The van der Waals surface area contributed by atoms with E-state index in [4.69, 9.17) is 4.74 Å². The van der Waals surface area contributed by atoms with Crippen LogP contribution in [0.15, 0.2) is 109 Å². The first-order valence-corrected chi connectivity index (χ1v) is 10.7. The molecule has 0 spiro atoms. The lowest BCUT2D eigenvalue weighted by Crippen LogP contribution is -2.45. The molecule has 1 heterocycles. The highest BCUT2D eigenvalue weighted by atomic mass is 16.5. The Morgan fingerprint density at radius 1 is 0.848 bits per heavy atom. The molecule has 0 radical (unpaired) electrons. The van der Waals surface area contributed by atoms with Crippen LogP contribution in [0.1, 0.15) is 22.7 Å². The molecule has 0 saturated heterocycles. The average Bonchev–Trinajstić information content (AvgIpc) is 2.85. The first kappa shape index (κ1) is 22.0. The first-order valence-electron chi connectivity index (χ1n) is 10.7. The molecular weight excluding hydrogens is 414 g/mol. The Balaban J connectivity index is 1.60. The molecule has 3 aromatic carbocycles. The minimum atomic E-state index is -1.14. The summed E-state index contributed by atoms with van der Waals surface area (Å²) in [5.74, 6) is -1.20. The standard InChI is InChI=1S/C28H23NO4/c30-24-18-19-29(25(31)17-16-21-10-4-1-5-11-21)27(23-14-8-3-9-15-23)28(24)33-26(32)20-22-12-6-2-7-13-22/h1-19,27-28H,20H2/b17-16+/t27-,28+/m1/s1. The molecule has 0 saturated carbocycles. The van der Waals surface area contributed by atoms with Crippen molar-refractivity contribution in [1.82, 2.24) is 4.90 Å². The van der Waals surface area contributed by atoms with Crippen LogP contribution >= 0.6 is 0 Å². The van der Waals surface area contributed by atoms with E-state index >= 15 is 0 Å². The van der Waals surface area contributed by atoms with Gasteiger partial charge in [-0.25, -0.2) is 0 Å². The van der Waals surface area contributed by atoms with Crippen LogP contribution in [-0.2, 0) is 25.5 Å². The van der Waals surface area contributed by atoms with Gasteiger partial charge in [-0.3, -0.25) is 14.4 Å². The minimum Gasteiger partial charge on any atom is -0.451 e. The van der Waals surface area contributed by atoms with E-state index in [0.717, 1.165) is 11.1 Å². The first-order chi connectivity index (χ1) is 16.1. The van der Waals surface area contributed by atoms with Crippen LogP contribution in [0.2, 0.25) is 0 Å². The normalized spacial score (nSPS) is 17.8. The van der Waals surface area contributed by atoms with Crippen LogP contribution in [0.4, 0.5) is 0 Å². The van der Waals surface area contributed by atoms with Crippen molar-refractivity contribution in [2.45, 2.75) is 18.6 Å². The summed E-state index contributed by atoms with van der Waals surface area (Å²) < 4.78 is 5.66. The topological polar surface area (TPSA) is 63.7 Å². The quantitative estimate of drug-likeness (QED) is 0.420. The van der Waals surface area contributed by atoms with Crippen LogP contribution in [0, 0.1) is 0 Å². The van der Waals surface area contributed by atoms with Crippen molar-refractivity contribution < 1.29 is 19.1 Å². The molecule has 0 bridgehead atoms. The largest absolute Gasteiger partial charge is 0.451 e. The van der Waals surface area contributed by atoms with Crippen molar-refractivity contribution in [1.29, 1.82) is 0 Å². The number of carbonyl (C=O) groups is 3. The summed E-state index contributed by atoms with van der Waals surface area (Å²) in [7, 11) is 0. The Kier molecular flexibility index (Phi) is 6.90. The summed E-state index contributed by atoms with van der Waals surface area (Å²) >= 11 is 0. The molecule has 0 aliphatic carbocycles. The minimum absolute atomic E-state index is 0.0394. The van der Waals surface area contributed by atoms with Gasteiger partial charge in [0.1, 0.15) is 6.04 Å². The fourth-order valence-electron chi connectivity index (χ4n) is 3.73. The number of esters is 1. The summed E-state index contributed by atoms with van der Waals surface area (Å²) in [5.41, 5.74) is 2.37. The lowest BCUT2D eigenvalue weighted by Gasteiger charge is -2.36. The second kappa shape index (κ2) is 10.4. The van der Waals surface area contributed by atoms with Crippen molar-refractivity contribution in [3.05, 3.63) is 126 Å². The molecule has 1 aliphatic heterocycles. The molecule has 0 N–H and O–H groups in total. The fourth-order valence-corrected chi connectivity index (χ4v) is 3.73. The molecule has 1 amide bonds. The van der Waals surface area contributed by atoms with E-state index in [0.29, 0.717) is 5.56 Å². The average molecular weight is 437 g/mol. The summed E-state index contributed by atoms with van der Waals surface area (Å²) in [6.45, 7) is 0. The molecule has 5 heteroatoms. The maximum atomic E-state index is 13.1. The zero-order chi connectivity index (χ0) is 23.0. The number of nitrogens with zero attached hydrogens (tertiary/aromatic N) is 1. The van der Waals surface area contributed by atoms with Crippen molar-refractivity contribution in [2.75, 3.05) is 0 Å². The van der Waals surface area contributed by atoms with Gasteiger partial charge in [-0.05, 0) is 22.8 Å². The van der Waals surface area contributed by atoms with Crippen molar-refractivity contribution >= 4 is 23.7 Å². The summed E-state index contributed by atoms with van der Waals surface area (Å²) in [5, 5.41) is 0. The van der Waals surface area contributed by atoms with Gasteiger partial charge in [0, 0.05) is 18.4 Å². The molecule has 3 aromatic rings. The van der Waals surface area contributed by atoms with Gasteiger partial charge in [0.05, 0.1) is 6.42 Å². The Morgan fingerprint density at radius 3 is 2.12 bits per heavy atom. The van der Waals surface area contributed by atoms with E-state index in [2.05, 4.69) is 0 Å². The zero-order valence-corrected chi connectivity index (χ0v) is 17.9. The summed E-state index contributed by atoms with van der Waals surface area (Å²) in [6.07, 6.45) is 4.81. The zero-order valence-electron chi connectivity index (χ0n) is 17.9. The maximum Gasteiger partial charge on any atom is 0.311 e. The number of ketones is 1. The van der Waals surface area contributed by atoms with E-state index in [1.165, 1.54) is 23.3 Å². The van der Waals surface area contributed by atoms with Crippen LogP contribution in [0.3, 0.4) is 0 Å². The number of rotatable bonds is 6. The number of hydrogen-bond acceptors (Lipinski definition) is 4. The number of amides is 1. The molecule has 0 fully saturated rings. The van der Waals surface area contributed by atoms with E-state index in [-0.39, 0.29) is 18.1 Å². The maximum absolute atomic E-state index is 13.1. The van der Waals surface area contributed by atoms with Gasteiger partial charge >= 0.3 is 5.97 Å². The predicted molar refractivity (Wildman–Crippen MR) is 126 cm³/mol. The second-order valence-electron chi connectivity index (χ2n) is 7.64. The van der Waals surface area contributed by atoms with Gasteiger partial charge in [0.25, 0.3) is 5.91 Å². The highest BCUT2D eigenvalue weighted by molar-refractivity contribution is 6.00. The van der Waals surface area contributed by atoms with E-state index in [9.17, 15) is 14.4 Å². The number of ether oxygens (including phenoxy) is 1. The third kappa shape index (κ3) is 5.52. The van der Waals surface area contributed by atoms with Gasteiger partial charge in [0.15, 0.2) is 11.9 Å². The third-order valence-electron chi connectivity index (χ3n) is 5.33. The highest BCUT2D eigenvalue weighted by Gasteiger charge is 2.40. The van der Waals surface area contributed by atoms with Gasteiger partial charge in [-0.15, -0.1) is 0 Å². The van der Waals surface area contributed by atoms with Crippen LogP contribution < -0.4 is 0 Å². The molecule has 2 atom stereocenters. The van der Waals surface area contributed by atoms with E-state index < -0.39 is 18.1 Å². The number of hydrogen-bond donors (Lipinski definition) is 0. The summed E-state index contributed by atoms with van der Waals surface area (Å²) in [4.78, 5) is 40.0. The van der Waals surface area contributed by atoms with Gasteiger partial charge < -0.3 is 9.64 Å². The molecule has 1 aliphatic rings. The molecular formula is C28H23NO4. The Labute approximate surface area is 192 Å². The Morgan fingerprint density at radius 2 is 1.45 bits per heavy atom. The monoisotopic (exact) mass is 437 g/mol. The Hall–Kier alpha value is -4.25. The van der Waals surface area contributed by atoms with Crippen LogP contribution in [0.25, 0.3) is 6.08 Å². The lowest BCUT2D eigenvalue weighted by molar-refractivity contribution is -0.159. The van der Waals surface area contributed by atoms with Crippen LogP contribution in [-0.4, -0.2) is 28.7 Å². The van der Waals surface area contributed by atoms with Gasteiger partial charge in [0.2, 0.25) is 0 Å². The van der Waals surface area contributed by atoms with Gasteiger partial charge in [-0.2, -0.15) is 0 Å². The molecule has 5 nitrogen and oxygen atoms in total. The summed E-state index contributed by atoms with van der Waals surface area (Å²) in [6, 6.07) is 27.0. The molecule has 33 heavy (non-hydrogen) atoms. The molecule has 0 aromatic heterocycles.